The summed E-state index contributed by atoms with van der Waals surface area (Å²) in [5, 5.41) is 3.75. The lowest BCUT2D eigenvalue weighted by atomic mass is 9.88. The Morgan fingerprint density at radius 2 is 2.25 bits per heavy atom. The van der Waals surface area contributed by atoms with E-state index in [9.17, 15) is 0 Å². The highest BCUT2D eigenvalue weighted by molar-refractivity contribution is 5.77. The molecule has 0 amide bonds. The molecular formula is C17H23N3. The molecule has 2 aromatic rings. The Labute approximate surface area is 120 Å². The molecule has 0 radical (unpaired) electrons. The number of fused-ring (bicyclic) bond motifs is 3. The van der Waals surface area contributed by atoms with Crippen LogP contribution in [-0.4, -0.2) is 21.6 Å². The van der Waals surface area contributed by atoms with Crippen molar-refractivity contribution in [1.82, 2.24) is 14.9 Å². The van der Waals surface area contributed by atoms with E-state index >= 15 is 0 Å². The first-order valence-corrected chi connectivity index (χ1v) is 7.99. The zero-order valence-corrected chi connectivity index (χ0v) is 12.4. The highest BCUT2D eigenvalue weighted by Crippen LogP contribution is 2.40. The molecule has 2 aliphatic rings. The van der Waals surface area contributed by atoms with Crippen LogP contribution >= 0.6 is 0 Å². The Balaban J connectivity index is 1.83. The molecule has 0 spiro atoms. The van der Waals surface area contributed by atoms with Gasteiger partial charge in [-0.1, -0.05) is 13.0 Å². The van der Waals surface area contributed by atoms with Crippen molar-refractivity contribution < 1.29 is 0 Å². The fraction of sp³-hybridized carbons (Fsp3) is 0.588. The van der Waals surface area contributed by atoms with Gasteiger partial charge in [0.25, 0.3) is 0 Å². The van der Waals surface area contributed by atoms with E-state index in [1.54, 1.807) is 0 Å². The minimum atomic E-state index is 0.619. The number of hydrogen-bond acceptors (Lipinski definition) is 2. The van der Waals surface area contributed by atoms with Crippen LogP contribution in [0.15, 0.2) is 18.2 Å². The van der Waals surface area contributed by atoms with Gasteiger partial charge in [0, 0.05) is 24.5 Å². The van der Waals surface area contributed by atoms with Crippen molar-refractivity contribution in [2.75, 3.05) is 0 Å². The molecule has 0 saturated carbocycles. The van der Waals surface area contributed by atoms with Crippen LogP contribution < -0.4 is 5.32 Å². The number of hydrogen-bond donors (Lipinski definition) is 1. The minimum Gasteiger partial charge on any atom is -0.328 e. The summed E-state index contributed by atoms with van der Waals surface area (Å²) in [6.45, 7) is 5.49. The van der Waals surface area contributed by atoms with E-state index in [0.717, 1.165) is 12.6 Å². The highest BCUT2D eigenvalue weighted by Gasteiger charge is 2.41. The second kappa shape index (κ2) is 4.59. The summed E-state index contributed by atoms with van der Waals surface area (Å²) in [5.41, 5.74) is 3.79. The Morgan fingerprint density at radius 3 is 2.95 bits per heavy atom. The third kappa shape index (κ3) is 1.80. The van der Waals surface area contributed by atoms with Crippen molar-refractivity contribution in [2.24, 2.45) is 0 Å². The molecule has 3 unspecified atom stereocenters. The van der Waals surface area contributed by atoms with Crippen LogP contribution in [0.5, 0.6) is 0 Å². The van der Waals surface area contributed by atoms with E-state index in [4.69, 9.17) is 4.98 Å². The van der Waals surface area contributed by atoms with Crippen molar-refractivity contribution in [1.29, 1.82) is 0 Å². The summed E-state index contributed by atoms with van der Waals surface area (Å²) in [5.74, 6) is 1.94. The van der Waals surface area contributed by atoms with E-state index in [0.29, 0.717) is 12.0 Å². The SMILES string of the molecule is CCCn1c(C2CC3CCC2N3)nc2cc(C)ccc21. The second-order valence-corrected chi connectivity index (χ2v) is 6.50. The van der Waals surface area contributed by atoms with Gasteiger partial charge in [0.1, 0.15) is 5.82 Å². The van der Waals surface area contributed by atoms with Crippen LogP contribution in [0, 0.1) is 6.92 Å². The van der Waals surface area contributed by atoms with Crippen LogP contribution in [-0.2, 0) is 6.54 Å². The zero-order chi connectivity index (χ0) is 13.7. The second-order valence-electron chi connectivity index (χ2n) is 6.50. The molecule has 2 saturated heterocycles. The standard InChI is InChI=1S/C17H23N3/c1-3-8-20-16-7-4-11(2)9-15(16)19-17(20)13-10-12-5-6-14(13)18-12/h4,7,9,12-14,18H,3,5-6,8,10H2,1-2H3. The third-order valence-corrected chi connectivity index (χ3v) is 5.01. The van der Waals surface area contributed by atoms with Crippen LogP contribution in [0.3, 0.4) is 0 Å². The molecule has 2 aliphatic heterocycles. The fourth-order valence-corrected chi connectivity index (χ4v) is 4.11. The molecule has 1 aromatic heterocycles. The molecule has 3 nitrogen and oxygen atoms in total. The number of benzene rings is 1. The predicted molar refractivity (Wildman–Crippen MR) is 82.1 cm³/mol. The number of nitrogens with one attached hydrogen (secondary N) is 1. The normalized spacial score (nSPS) is 28.6. The van der Waals surface area contributed by atoms with Crippen molar-refractivity contribution in [2.45, 2.75) is 64.1 Å². The van der Waals surface area contributed by atoms with Gasteiger partial charge in [-0.05, 0) is 50.3 Å². The Bertz CT molecular complexity index is 643. The lowest BCUT2D eigenvalue weighted by molar-refractivity contribution is 0.467. The largest absolute Gasteiger partial charge is 0.328 e. The van der Waals surface area contributed by atoms with Crippen LogP contribution in [0.25, 0.3) is 11.0 Å². The molecule has 1 aromatic carbocycles. The number of imidazole rings is 1. The molecule has 2 bridgehead atoms. The van der Waals surface area contributed by atoms with Gasteiger partial charge in [-0.15, -0.1) is 0 Å². The van der Waals surface area contributed by atoms with Gasteiger partial charge < -0.3 is 9.88 Å². The molecule has 3 heterocycles. The third-order valence-electron chi connectivity index (χ3n) is 5.01. The van der Waals surface area contributed by atoms with Gasteiger partial charge >= 0.3 is 0 Å². The summed E-state index contributed by atoms with van der Waals surface area (Å²) >= 11 is 0. The summed E-state index contributed by atoms with van der Waals surface area (Å²) in [7, 11) is 0. The summed E-state index contributed by atoms with van der Waals surface area (Å²) in [6.07, 6.45) is 5.12. The number of aryl methyl sites for hydroxylation is 2. The molecule has 20 heavy (non-hydrogen) atoms. The van der Waals surface area contributed by atoms with Gasteiger partial charge in [-0.3, -0.25) is 0 Å². The number of nitrogens with zero attached hydrogens (tertiary/aromatic N) is 2. The van der Waals surface area contributed by atoms with E-state index < -0.39 is 0 Å². The van der Waals surface area contributed by atoms with E-state index in [2.05, 4.69) is 41.9 Å². The molecule has 1 N–H and O–H groups in total. The topological polar surface area (TPSA) is 29.9 Å². The van der Waals surface area contributed by atoms with Gasteiger partial charge in [0.15, 0.2) is 0 Å². The first kappa shape index (κ1) is 12.4. The fourth-order valence-electron chi connectivity index (χ4n) is 4.11. The molecule has 4 rings (SSSR count). The maximum Gasteiger partial charge on any atom is 0.114 e. The Kier molecular flexibility index (Phi) is 2.84. The molecule has 3 atom stereocenters. The number of rotatable bonds is 3. The van der Waals surface area contributed by atoms with Crippen molar-refractivity contribution in [3.63, 3.8) is 0 Å². The summed E-state index contributed by atoms with van der Waals surface area (Å²) in [4.78, 5) is 5.02. The van der Waals surface area contributed by atoms with Crippen molar-refractivity contribution in [3.8, 4) is 0 Å². The maximum absolute atomic E-state index is 5.02. The lowest BCUT2D eigenvalue weighted by Gasteiger charge is -2.21. The quantitative estimate of drug-likeness (QED) is 0.926. The smallest absolute Gasteiger partial charge is 0.114 e. The first-order chi connectivity index (χ1) is 9.76. The number of aromatic nitrogens is 2. The van der Waals surface area contributed by atoms with E-state index in [1.807, 2.05) is 0 Å². The Hall–Kier alpha value is -1.35. The van der Waals surface area contributed by atoms with Crippen LogP contribution in [0.2, 0.25) is 0 Å². The molecule has 106 valence electrons. The van der Waals surface area contributed by atoms with Crippen molar-refractivity contribution >= 4 is 11.0 Å². The monoisotopic (exact) mass is 269 g/mol. The molecule has 3 heteroatoms. The van der Waals surface area contributed by atoms with Crippen molar-refractivity contribution in [3.05, 3.63) is 29.6 Å². The molecular weight excluding hydrogens is 246 g/mol. The average Bonchev–Trinajstić information content (AvgIpc) is 3.12. The van der Waals surface area contributed by atoms with Gasteiger partial charge in [0.2, 0.25) is 0 Å². The average molecular weight is 269 g/mol. The first-order valence-electron chi connectivity index (χ1n) is 7.99. The highest BCUT2D eigenvalue weighted by atomic mass is 15.1. The van der Waals surface area contributed by atoms with Crippen LogP contribution in [0.4, 0.5) is 0 Å². The lowest BCUT2D eigenvalue weighted by Crippen LogP contribution is -2.23. The van der Waals surface area contributed by atoms with Gasteiger partial charge in [0.05, 0.1) is 11.0 Å². The van der Waals surface area contributed by atoms with Gasteiger partial charge in [-0.2, -0.15) is 0 Å². The minimum absolute atomic E-state index is 0.619. The van der Waals surface area contributed by atoms with Gasteiger partial charge in [-0.25, -0.2) is 4.98 Å². The summed E-state index contributed by atoms with van der Waals surface area (Å²) < 4.78 is 2.47. The predicted octanol–water partition coefficient (Wildman–Crippen LogP) is 3.36. The molecule has 0 aliphatic carbocycles. The zero-order valence-electron chi connectivity index (χ0n) is 12.4. The van der Waals surface area contributed by atoms with E-state index in [1.165, 1.54) is 48.1 Å². The van der Waals surface area contributed by atoms with E-state index in [-0.39, 0.29) is 0 Å². The Morgan fingerprint density at radius 1 is 1.35 bits per heavy atom. The molecule has 2 fully saturated rings. The summed E-state index contributed by atoms with van der Waals surface area (Å²) in [6, 6.07) is 8.08. The van der Waals surface area contributed by atoms with Crippen LogP contribution in [0.1, 0.15) is 49.9 Å². The maximum atomic E-state index is 5.02.